The molecule has 2 amide bonds. The third kappa shape index (κ3) is 4.49. The Morgan fingerprint density at radius 2 is 1.59 bits per heavy atom. The number of rotatable bonds is 6. The summed E-state index contributed by atoms with van der Waals surface area (Å²) in [6.45, 7) is -0.602. The van der Waals surface area contributed by atoms with E-state index < -0.39 is 24.4 Å². The average molecular weight is 428 g/mol. The summed E-state index contributed by atoms with van der Waals surface area (Å²) in [5, 5.41) is 6.76. The van der Waals surface area contributed by atoms with Crippen molar-refractivity contribution in [2.75, 3.05) is 6.61 Å². The summed E-state index contributed by atoms with van der Waals surface area (Å²) in [4.78, 5) is 37.1. The number of para-hydroxylation sites is 1. The molecule has 0 aliphatic heterocycles. The molecule has 0 unspecified atom stereocenters. The van der Waals surface area contributed by atoms with Gasteiger partial charge >= 0.3 is 5.97 Å². The molecule has 4 aromatic rings. The first-order valence-electron chi connectivity index (χ1n) is 9.86. The molecule has 8 nitrogen and oxygen atoms in total. The molecule has 0 radical (unpaired) electrons. The maximum atomic E-state index is 12.8. The van der Waals surface area contributed by atoms with Crippen LogP contribution in [0.2, 0.25) is 0 Å². The highest BCUT2D eigenvalue weighted by Gasteiger charge is 2.21. The van der Waals surface area contributed by atoms with Gasteiger partial charge in [0.25, 0.3) is 11.8 Å². The number of amides is 2. The standard InChI is InChI=1S/C24H20N4O4/c1-27-14-8-13-20(27)23(30)25-22(29)16-32-24(31)21-15-19(17-9-4-2-5-10-17)26-28(21)18-11-6-3-7-12-18/h2-15H,16H2,1H3,(H,25,29,30). The van der Waals surface area contributed by atoms with Crippen molar-refractivity contribution in [1.29, 1.82) is 0 Å². The third-order valence-corrected chi connectivity index (χ3v) is 4.75. The molecule has 0 bridgehead atoms. The molecular weight excluding hydrogens is 408 g/mol. The van der Waals surface area contributed by atoms with Crippen LogP contribution in [0.3, 0.4) is 0 Å². The van der Waals surface area contributed by atoms with Crippen molar-refractivity contribution in [2.24, 2.45) is 7.05 Å². The smallest absolute Gasteiger partial charge is 0.357 e. The first-order chi connectivity index (χ1) is 15.5. The maximum Gasteiger partial charge on any atom is 0.357 e. The minimum Gasteiger partial charge on any atom is -0.451 e. The molecule has 0 aliphatic carbocycles. The number of hydrogen-bond donors (Lipinski definition) is 1. The Morgan fingerprint density at radius 1 is 0.906 bits per heavy atom. The molecule has 0 saturated heterocycles. The van der Waals surface area contributed by atoms with Crippen LogP contribution in [0.15, 0.2) is 85.1 Å². The molecule has 8 heteroatoms. The Bertz CT molecular complexity index is 1260. The molecule has 2 aromatic heterocycles. The van der Waals surface area contributed by atoms with Crippen LogP contribution < -0.4 is 5.32 Å². The van der Waals surface area contributed by atoms with Gasteiger partial charge in [0.2, 0.25) is 0 Å². The van der Waals surface area contributed by atoms with E-state index in [1.165, 1.54) is 4.68 Å². The Morgan fingerprint density at radius 3 is 2.25 bits per heavy atom. The number of ether oxygens (including phenoxy) is 1. The highest BCUT2D eigenvalue weighted by molar-refractivity contribution is 6.04. The van der Waals surface area contributed by atoms with Crippen molar-refractivity contribution in [3.63, 3.8) is 0 Å². The largest absolute Gasteiger partial charge is 0.451 e. The fraction of sp³-hybridized carbons (Fsp3) is 0.0833. The number of carbonyl (C=O) groups excluding carboxylic acids is 3. The molecule has 0 atom stereocenters. The zero-order valence-corrected chi connectivity index (χ0v) is 17.3. The molecule has 1 N–H and O–H groups in total. The lowest BCUT2D eigenvalue weighted by atomic mass is 10.1. The molecule has 32 heavy (non-hydrogen) atoms. The van der Waals surface area contributed by atoms with E-state index in [1.54, 1.807) is 36.0 Å². The van der Waals surface area contributed by atoms with Crippen LogP contribution in [-0.2, 0) is 16.6 Å². The van der Waals surface area contributed by atoms with Crippen LogP contribution in [0.1, 0.15) is 21.0 Å². The highest BCUT2D eigenvalue weighted by atomic mass is 16.5. The number of aryl methyl sites for hydroxylation is 1. The first-order valence-corrected chi connectivity index (χ1v) is 9.86. The lowest BCUT2D eigenvalue weighted by Crippen LogP contribution is -2.35. The zero-order valence-electron chi connectivity index (χ0n) is 17.3. The third-order valence-electron chi connectivity index (χ3n) is 4.75. The van der Waals surface area contributed by atoms with E-state index in [0.29, 0.717) is 17.1 Å². The van der Waals surface area contributed by atoms with Gasteiger partial charge in [-0.2, -0.15) is 5.10 Å². The Hall–Kier alpha value is -4.46. The van der Waals surface area contributed by atoms with Gasteiger partial charge in [-0.3, -0.25) is 14.9 Å². The first kappa shape index (κ1) is 20.8. The Balaban J connectivity index is 1.51. The number of nitrogens with zero attached hydrogens (tertiary/aromatic N) is 3. The van der Waals surface area contributed by atoms with E-state index in [9.17, 15) is 14.4 Å². The molecule has 2 aromatic carbocycles. The van der Waals surface area contributed by atoms with Crippen LogP contribution in [0.5, 0.6) is 0 Å². The molecule has 0 spiro atoms. The van der Waals surface area contributed by atoms with E-state index in [1.807, 2.05) is 60.7 Å². The number of imide groups is 1. The number of hydrogen-bond acceptors (Lipinski definition) is 5. The molecule has 0 fully saturated rings. The molecule has 2 heterocycles. The van der Waals surface area contributed by atoms with Crippen molar-refractivity contribution in [3.8, 4) is 16.9 Å². The van der Waals surface area contributed by atoms with Gasteiger partial charge in [-0.25, -0.2) is 9.48 Å². The predicted octanol–water partition coefficient (Wildman–Crippen LogP) is 2.99. The summed E-state index contributed by atoms with van der Waals surface area (Å²) >= 11 is 0. The van der Waals surface area contributed by atoms with Crippen LogP contribution in [-0.4, -0.2) is 38.7 Å². The molecular formula is C24H20N4O4. The van der Waals surface area contributed by atoms with E-state index in [2.05, 4.69) is 10.4 Å². The van der Waals surface area contributed by atoms with Crippen LogP contribution >= 0.6 is 0 Å². The maximum absolute atomic E-state index is 12.8. The van der Waals surface area contributed by atoms with E-state index >= 15 is 0 Å². The normalized spacial score (nSPS) is 10.5. The minimum atomic E-state index is -0.731. The van der Waals surface area contributed by atoms with Gasteiger partial charge in [0.1, 0.15) is 5.69 Å². The van der Waals surface area contributed by atoms with Crippen LogP contribution in [0.4, 0.5) is 0 Å². The topological polar surface area (TPSA) is 95.2 Å². The highest BCUT2D eigenvalue weighted by Crippen LogP contribution is 2.22. The fourth-order valence-corrected chi connectivity index (χ4v) is 3.17. The SMILES string of the molecule is Cn1cccc1C(=O)NC(=O)COC(=O)c1cc(-c2ccccc2)nn1-c1ccccc1. The van der Waals surface area contributed by atoms with E-state index in [4.69, 9.17) is 4.74 Å². The predicted molar refractivity (Wildman–Crippen MR) is 117 cm³/mol. The summed E-state index contributed by atoms with van der Waals surface area (Å²) in [6.07, 6.45) is 1.69. The lowest BCUT2D eigenvalue weighted by Gasteiger charge is -2.08. The fourth-order valence-electron chi connectivity index (χ4n) is 3.17. The zero-order chi connectivity index (χ0) is 22.5. The second kappa shape index (κ2) is 9.13. The van der Waals surface area contributed by atoms with E-state index in [-0.39, 0.29) is 5.69 Å². The Kier molecular flexibility index (Phi) is 5.94. The van der Waals surface area contributed by atoms with Gasteiger partial charge in [-0.1, -0.05) is 48.5 Å². The van der Waals surface area contributed by atoms with Gasteiger partial charge in [0.05, 0.1) is 11.4 Å². The minimum absolute atomic E-state index is 0.164. The molecule has 160 valence electrons. The lowest BCUT2D eigenvalue weighted by molar-refractivity contribution is -0.123. The number of benzene rings is 2. The summed E-state index contributed by atoms with van der Waals surface area (Å²) in [5.74, 6) is -2.03. The quantitative estimate of drug-likeness (QED) is 0.477. The monoisotopic (exact) mass is 428 g/mol. The summed E-state index contributed by atoms with van der Waals surface area (Å²) < 4.78 is 8.23. The van der Waals surface area contributed by atoms with Gasteiger partial charge in [0.15, 0.2) is 12.3 Å². The van der Waals surface area contributed by atoms with Crippen molar-refractivity contribution in [2.45, 2.75) is 0 Å². The molecule has 4 rings (SSSR count). The second-order valence-electron chi connectivity index (χ2n) is 6.99. The summed E-state index contributed by atoms with van der Waals surface area (Å²) in [7, 11) is 1.69. The summed E-state index contributed by atoms with van der Waals surface area (Å²) in [5.41, 5.74) is 2.58. The molecule has 0 saturated carbocycles. The Labute approximate surface area is 184 Å². The van der Waals surface area contributed by atoms with E-state index in [0.717, 1.165) is 5.56 Å². The number of esters is 1. The van der Waals surface area contributed by atoms with Gasteiger partial charge < -0.3 is 9.30 Å². The van der Waals surface area contributed by atoms with Crippen molar-refractivity contribution >= 4 is 17.8 Å². The molecule has 0 aliphatic rings. The average Bonchev–Trinajstić information content (AvgIpc) is 3.45. The van der Waals surface area contributed by atoms with Crippen molar-refractivity contribution < 1.29 is 19.1 Å². The van der Waals surface area contributed by atoms with Gasteiger partial charge in [-0.15, -0.1) is 0 Å². The van der Waals surface area contributed by atoms with Gasteiger partial charge in [-0.05, 0) is 30.3 Å². The van der Waals surface area contributed by atoms with Crippen molar-refractivity contribution in [3.05, 3.63) is 96.4 Å². The number of nitrogens with one attached hydrogen (secondary N) is 1. The second-order valence-corrected chi connectivity index (χ2v) is 6.99. The number of aromatic nitrogens is 3. The number of carbonyl (C=O) groups is 3. The van der Waals surface area contributed by atoms with Crippen molar-refractivity contribution in [1.82, 2.24) is 19.7 Å². The van der Waals surface area contributed by atoms with Crippen LogP contribution in [0.25, 0.3) is 16.9 Å². The summed E-state index contributed by atoms with van der Waals surface area (Å²) in [6, 6.07) is 23.4. The van der Waals surface area contributed by atoms with Gasteiger partial charge in [0, 0.05) is 18.8 Å². The van der Waals surface area contributed by atoms with Crippen LogP contribution in [0, 0.1) is 0 Å².